The van der Waals surface area contributed by atoms with Crippen molar-refractivity contribution in [2.75, 3.05) is 32.7 Å². The molecule has 306 valence electrons. The highest BCUT2D eigenvalue weighted by Crippen LogP contribution is 2.24. The van der Waals surface area contributed by atoms with Crippen LogP contribution in [-0.4, -0.2) is 107 Å². The van der Waals surface area contributed by atoms with Crippen molar-refractivity contribution >= 4 is 52.1 Å². The number of aliphatic carboxylic acids is 2. The first-order chi connectivity index (χ1) is 26.2. The van der Waals surface area contributed by atoms with Crippen LogP contribution < -0.4 is 32.3 Å². The average molecular weight is 772 g/mol. The maximum atomic E-state index is 14.0. The lowest BCUT2D eigenvalue weighted by molar-refractivity contribution is -0.142. The smallest absolute Gasteiger partial charge is 0.326 e. The van der Waals surface area contributed by atoms with Crippen molar-refractivity contribution in [2.45, 2.75) is 116 Å². The molecule has 16 heteroatoms. The van der Waals surface area contributed by atoms with Gasteiger partial charge in [0.1, 0.15) is 6.04 Å². The Morgan fingerprint density at radius 1 is 0.873 bits per heavy atom. The van der Waals surface area contributed by atoms with Gasteiger partial charge in [-0.1, -0.05) is 31.9 Å². The van der Waals surface area contributed by atoms with Crippen LogP contribution >= 0.6 is 0 Å². The van der Waals surface area contributed by atoms with E-state index < -0.39 is 41.8 Å². The molecule has 0 aliphatic carbocycles. The third-order valence-corrected chi connectivity index (χ3v) is 9.26. The molecular weight excluding hydrogens is 710 g/mol. The quantitative estimate of drug-likeness (QED) is 0.0516. The summed E-state index contributed by atoms with van der Waals surface area (Å²) in [7, 11) is 0. The van der Waals surface area contributed by atoms with Gasteiger partial charge in [-0.3, -0.25) is 28.8 Å². The van der Waals surface area contributed by atoms with E-state index in [4.69, 9.17) is 10.8 Å². The minimum atomic E-state index is -1.31. The molecule has 1 aromatic carbocycles. The van der Waals surface area contributed by atoms with Gasteiger partial charge in [0.25, 0.3) is 0 Å². The summed E-state index contributed by atoms with van der Waals surface area (Å²) in [6.45, 7) is 6.68. The fraction of sp³-hybridized carbons (Fsp3) is 0.615. The molecule has 4 atom stereocenters. The molecule has 16 nitrogen and oxygen atoms in total. The van der Waals surface area contributed by atoms with Gasteiger partial charge >= 0.3 is 11.9 Å². The number of nitrogens with one attached hydrogen (secondary N) is 6. The highest BCUT2D eigenvalue weighted by atomic mass is 16.4. The van der Waals surface area contributed by atoms with Gasteiger partial charge in [-0.05, 0) is 75.7 Å². The summed E-state index contributed by atoms with van der Waals surface area (Å²) in [5.74, 6) is -4.85. The lowest BCUT2D eigenvalue weighted by Crippen LogP contribution is -2.45. The number of rotatable bonds is 30. The molecule has 10 N–H and O–H groups in total. The first kappa shape index (κ1) is 46.5. The van der Waals surface area contributed by atoms with Gasteiger partial charge < -0.3 is 47.5 Å². The number of hydrogen-bond acceptors (Lipinski definition) is 10. The van der Waals surface area contributed by atoms with Crippen molar-refractivity contribution < 1.29 is 43.8 Å². The van der Waals surface area contributed by atoms with E-state index in [0.717, 1.165) is 41.3 Å². The van der Waals surface area contributed by atoms with Crippen molar-refractivity contribution in [3.05, 3.63) is 35.5 Å². The summed E-state index contributed by atoms with van der Waals surface area (Å²) in [5.41, 5.74) is 9.00. The number of hydrogen-bond donors (Lipinski definition) is 9. The zero-order valence-electron chi connectivity index (χ0n) is 32.5. The Kier molecular flexibility index (Phi) is 21.5. The van der Waals surface area contributed by atoms with Gasteiger partial charge in [0.15, 0.2) is 11.6 Å². The molecule has 1 aromatic heterocycles. The molecule has 0 saturated carbocycles. The molecule has 0 saturated heterocycles. The number of fused-ring (bicyclic) bond motifs is 1. The van der Waals surface area contributed by atoms with Crippen LogP contribution in [0, 0.1) is 12.8 Å². The number of benzene rings is 1. The maximum Gasteiger partial charge on any atom is 0.326 e. The molecule has 1 heterocycles. The van der Waals surface area contributed by atoms with Crippen LogP contribution in [0.3, 0.4) is 0 Å². The van der Waals surface area contributed by atoms with Crippen LogP contribution in [0.1, 0.15) is 95.6 Å². The third kappa shape index (κ3) is 19.0. The summed E-state index contributed by atoms with van der Waals surface area (Å²) >= 11 is 0. The van der Waals surface area contributed by atoms with E-state index in [0.29, 0.717) is 32.5 Å². The molecule has 0 bridgehead atoms. The van der Waals surface area contributed by atoms with Crippen LogP contribution in [0.4, 0.5) is 0 Å². The van der Waals surface area contributed by atoms with Gasteiger partial charge in [0.05, 0.1) is 12.6 Å². The first-order valence-corrected chi connectivity index (χ1v) is 19.3. The summed E-state index contributed by atoms with van der Waals surface area (Å²) in [6, 6.07) is 3.94. The van der Waals surface area contributed by atoms with Crippen LogP contribution in [0.25, 0.3) is 10.9 Å². The third-order valence-electron chi connectivity index (χ3n) is 9.26. The number of nitrogens with two attached hydrogens (primary N) is 1. The SMILES string of the molecule is CCCC[C@H](N)CNCC[C@H](NCCCC(=O)CNC(C)=O)C(=O)C[C@H](Cc1c[nH]c2cc(C)ccc12)C(=O)NCC[C@@H](NC(=O)CCCC(=O)O)C(=O)O. The van der Waals surface area contributed by atoms with E-state index in [2.05, 4.69) is 38.5 Å². The fourth-order valence-electron chi connectivity index (χ4n) is 6.14. The number of carboxylic acid groups (broad SMARTS) is 2. The number of carbonyl (C=O) groups is 7. The van der Waals surface area contributed by atoms with Gasteiger partial charge in [-0.2, -0.15) is 0 Å². The zero-order valence-corrected chi connectivity index (χ0v) is 32.5. The Labute approximate surface area is 322 Å². The van der Waals surface area contributed by atoms with Crippen molar-refractivity contribution in [3.63, 3.8) is 0 Å². The minimum Gasteiger partial charge on any atom is -0.481 e. The standard InChI is InChI=1S/C39H61N7O9/c1-4-5-8-29(40)23-41-17-14-32(42-16-7-9-30(48)24-44-26(3)47)35(49)21-27(20-28-22-45-34-19-25(2)12-13-31(28)34)38(53)43-18-15-33(39(54)55)46-36(50)10-6-11-37(51)52/h12-13,19,22,27,29,32-33,41-42,45H,4-11,14-18,20-21,23-24,40H2,1-3H3,(H,43,53)(H,44,47)(H,46,50)(H,51,52)(H,54,55)/t27-,29-,32-,33+/m0/s1. The highest BCUT2D eigenvalue weighted by Gasteiger charge is 2.28. The molecule has 0 unspecified atom stereocenters. The summed E-state index contributed by atoms with van der Waals surface area (Å²) in [6.07, 6.45) is 5.47. The molecule has 0 radical (unpaired) electrons. The minimum absolute atomic E-state index is 0.0179. The van der Waals surface area contributed by atoms with E-state index in [1.54, 1.807) is 0 Å². The maximum absolute atomic E-state index is 14.0. The largest absolute Gasteiger partial charge is 0.481 e. The topological polar surface area (TPSA) is 262 Å². The number of amides is 3. The van der Waals surface area contributed by atoms with E-state index in [1.807, 2.05) is 31.3 Å². The number of ketones is 2. The van der Waals surface area contributed by atoms with Crippen LogP contribution in [0.15, 0.2) is 24.4 Å². The van der Waals surface area contributed by atoms with Crippen molar-refractivity contribution in [1.82, 2.24) is 31.6 Å². The Bertz CT molecular complexity index is 1580. The number of Topliss-reactive ketones (excluding diaryl/α,β-unsaturated/α-hetero) is 2. The molecule has 55 heavy (non-hydrogen) atoms. The van der Waals surface area contributed by atoms with Gasteiger partial charge in [0.2, 0.25) is 17.7 Å². The predicted octanol–water partition coefficient (Wildman–Crippen LogP) is 1.87. The monoisotopic (exact) mass is 771 g/mol. The fourth-order valence-corrected chi connectivity index (χ4v) is 6.14. The summed E-state index contributed by atoms with van der Waals surface area (Å²) in [5, 5.41) is 33.6. The van der Waals surface area contributed by atoms with Gasteiger partial charge in [0, 0.05) is 74.8 Å². The van der Waals surface area contributed by atoms with Crippen molar-refractivity contribution in [2.24, 2.45) is 11.7 Å². The number of carboxylic acids is 2. The van der Waals surface area contributed by atoms with E-state index >= 15 is 0 Å². The Morgan fingerprint density at radius 2 is 1.62 bits per heavy atom. The van der Waals surface area contributed by atoms with Crippen LogP contribution in [0.5, 0.6) is 0 Å². The second-order valence-electron chi connectivity index (χ2n) is 14.2. The summed E-state index contributed by atoms with van der Waals surface area (Å²) < 4.78 is 0. The van der Waals surface area contributed by atoms with E-state index in [9.17, 15) is 38.7 Å². The van der Waals surface area contributed by atoms with E-state index in [1.165, 1.54) is 6.92 Å². The number of aryl methyl sites for hydroxylation is 1. The Balaban J connectivity index is 2.18. The number of unbranched alkanes of at least 4 members (excludes halogenated alkanes) is 1. The lowest BCUT2D eigenvalue weighted by atomic mass is 9.90. The number of carbonyl (C=O) groups excluding carboxylic acids is 5. The van der Waals surface area contributed by atoms with Gasteiger partial charge in [-0.15, -0.1) is 0 Å². The van der Waals surface area contributed by atoms with Crippen LogP contribution in [-0.2, 0) is 40.0 Å². The molecule has 0 aliphatic heterocycles. The van der Waals surface area contributed by atoms with Crippen molar-refractivity contribution in [1.29, 1.82) is 0 Å². The second kappa shape index (κ2) is 25.4. The van der Waals surface area contributed by atoms with E-state index in [-0.39, 0.29) is 81.6 Å². The predicted molar refractivity (Wildman–Crippen MR) is 208 cm³/mol. The Hall–Kier alpha value is -4.67. The molecule has 2 aromatic rings. The highest BCUT2D eigenvalue weighted by molar-refractivity contribution is 5.91. The molecule has 0 aliphatic rings. The molecular formula is C39H61N7O9. The number of aromatic amines is 1. The molecule has 3 amide bonds. The van der Waals surface area contributed by atoms with Gasteiger partial charge in [-0.25, -0.2) is 4.79 Å². The zero-order chi connectivity index (χ0) is 40.8. The lowest BCUT2D eigenvalue weighted by Gasteiger charge is -2.22. The van der Waals surface area contributed by atoms with Crippen LogP contribution in [0.2, 0.25) is 0 Å². The normalized spacial score (nSPS) is 13.4. The molecule has 0 spiro atoms. The molecule has 0 fully saturated rings. The summed E-state index contributed by atoms with van der Waals surface area (Å²) in [4.78, 5) is 89.3. The average Bonchev–Trinajstić information content (AvgIpc) is 3.52. The Morgan fingerprint density at radius 3 is 2.31 bits per heavy atom. The molecule has 2 rings (SSSR count). The second-order valence-corrected chi connectivity index (χ2v) is 14.2. The first-order valence-electron chi connectivity index (χ1n) is 19.3. The van der Waals surface area contributed by atoms with Crippen molar-refractivity contribution in [3.8, 4) is 0 Å². The number of H-pyrrole nitrogens is 1. The number of aromatic nitrogens is 1.